The fourth-order valence-electron chi connectivity index (χ4n) is 2.70. The second-order valence-electron chi connectivity index (χ2n) is 6.26. The van der Waals surface area contributed by atoms with E-state index in [9.17, 15) is 10.1 Å². The van der Waals surface area contributed by atoms with Crippen molar-refractivity contribution in [3.05, 3.63) is 66.2 Å². The predicted octanol–water partition coefficient (Wildman–Crippen LogP) is 4.76. The van der Waals surface area contributed by atoms with Gasteiger partial charge in [0.05, 0.1) is 25.5 Å². The summed E-state index contributed by atoms with van der Waals surface area (Å²) in [4.78, 5) is 16.8. The fourth-order valence-corrected chi connectivity index (χ4v) is 3.61. The first-order valence-electron chi connectivity index (χ1n) is 9.25. The number of carbonyl (C=O) groups excluding carboxylic acids is 1. The van der Waals surface area contributed by atoms with Crippen LogP contribution in [-0.4, -0.2) is 30.9 Å². The smallest absolute Gasteiger partial charge is 0.225 e. The van der Waals surface area contributed by atoms with Gasteiger partial charge in [0.2, 0.25) is 5.91 Å². The van der Waals surface area contributed by atoms with Gasteiger partial charge in [-0.2, -0.15) is 5.26 Å². The molecule has 2 aromatic carbocycles. The van der Waals surface area contributed by atoms with Crippen LogP contribution in [0.4, 0.5) is 5.69 Å². The summed E-state index contributed by atoms with van der Waals surface area (Å²) >= 11 is 1.39. The van der Waals surface area contributed by atoms with Crippen LogP contribution in [0, 0.1) is 11.3 Å². The Labute approximate surface area is 179 Å². The lowest BCUT2D eigenvalue weighted by Gasteiger charge is -2.08. The van der Waals surface area contributed by atoms with Gasteiger partial charge in [-0.1, -0.05) is 0 Å². The SMILES string of the molecule is COc1ccc(NC(=O)CCSc2nc(-c3ccc(OC)cc3)ccc2C#N)cc1. The molecule has 0 aliphatic heterocycles. The number of carbonyl (C=O) groups is 1. The van der Waals surface area contributed by atoms with Crippen LogP contribution in [0.25, 0.3) is 11.3 Å². The van der Waals surface area contributed by atoms with E-state index in [1.807, 2.05) is 30.3 Å². The summed E-state index contributed by atoms with van der Waals surface area (Å²) < 4.78 is 10.3. The molecule has 0 radical (unpaired) electrons. The topological polar surface area (TPSA) is 84.2 Å². The van der Waals surface area contributed by atoms with Crippen molar-refractivity contribution in [2.45, 2.75) is 11.4 Å². The first-order chi connectivity index (χ1) is 14.6. The van der Waals surface area contributed by atoms with Crippen LogP contribution >= 0.6 is 11.8 Å². The summed E-state index contributed by atoms with van der Waals surface area (Å²) in [6, 6.07) is 20.5. The van der Waals surface area contributed by atoms with Gasteiger partial charge in [0.25, 0.3) is 0 Å². The lowest BCUT2D eigenvalue weighted by molar-refractivity contribution is -0.115. The number of methoxy groups -OCH3 is 2. The Morgan fingerprint density at radius 2 is 1.63 bits per heavy atom. The maximum absolute atomic E-state index is 12.2. The lowest BCUT2D eigenvalue weighted by atomic mass is 10.1. The predicted molar refractivity (Wildman–Crippen MR) is 118 cm³/mol. The van der Waals surface area contributed by atoms with E-state index in [1.54, 1.807) is 44.6 Å². The van der Waals surface area contributed by atoms with Crippen molar-refractivity contribution < 1.29 is 14.3 Å². The second-order valence-corrected chi connectivity index (χ2v) is 7.35. The summed E-state index contributed by atoms with van der Waals surface area (Å²) in [7, 11) is 3.21. The first-order valence-corrected chi connectivity index (χ1v) is 10.2. The van der Waals surface area contributed by atoms with Gasteiger partial charge in [0, 0.05) is 23.4 Å². The highest BCUT2D eigenvalue weighted by Crippen LogP contribution is 2.27. The molecule has 1 amide bonds. The molecule has 1 N–H and O–H groups in total. The lowest BCUT2D eigenvalue weighted by Crippen LogP contribution is -2.12. The number of benzene rings is 2. The molecule has 7 heteroatoms. The average Bonchev–Trinajstić information content (AvgIpc) is 2.79. The van der Waals surface area contributed by atoms with Crippen LogP contribution < -0.4 is 14.8 Å². The molecule has 0 unspecified atom stereocenters. The van der Waals surface area contributed by atoms with Crippen LogP contribution in [0.15, 0.2) is 65.7 Å². The zero-order valence-corrected chi connectivity index (χ0v) is 17.5. The van der Waals surface area contributed by atoms with E-state index in [-0.39, 0.29) is 5.91 Å². The molecule has 0 aliphatic rings. The number of nitrogens with one attached hydrogen (secondary N) is 1. The minimum Gasteiger partial charge on any atom is -0.497 e. The van der Waals surface area contributed by atoms with Crippen molar-refractivity contribution in [3.63, 3.8) is 0 Å². The summed E-state index contributed by atoms with van der Waals surface area (Å²) in [5.41, 5.74) is 2.90. The van der Waals surface area contributed by atoms with Gasteiger partial charge >= 0.3 is 0 Å². The van der Waals surface area contributed by atoms with Gasteiger partial charge in [-0.3, -0.25) is 4.79 Å². The Bertz CT molecular complexity index is 1040. The van der Waals surface area contributed by atoms with Gasteiger partial charge in [0.1, 0.15) is 22.6 Å². The van der Waals surface area contributed by atoms with Gasteiger partial charge in [-0.25, -0.2) is 4.98 Å². The van der Waals surface area contributed by atoms with E-state index in [2.05, 4.69) is 16.4 Å². The molecule has 0 fully saturated rings. The van der Waals surface area contributed by atoms with Gasteiger partial charge in [-0.15, -0.1) is 11.8 Å². The van der Waals surface area contributed by atoms with Crippen molar-refractivity contribution in [2.75, 3.05) is 25.3 Å². The van der Waals surface area contributed by atoms with Gasteiger partial charge in [0.15, 0.2) is 0 Å². The number of nitrogens with zero attached hydrogens (tertiary/aromatic N) is 2. The van der Waals surface area contributed by atoms with E-state index in [4.69, 9.17) is 9.47 Å². The second kappa shape index (κ2) is 10.3. The number of aromatic nitrogens is 1. The molecule has 1 aromatic heterocycles. The van der Waals surface area contributed by atoms with E-state index in [0.29, 0.717) is 28.5 Å². The van der Waals surface area contributed by atoms with Gasteiger partial charge in [-0.05, 0) is 60.7 Å². The Morgan fingerprint density at radius 1 is 1.00 bits per heavy atom. The molecule has 6 nitrogen and oxygen atoms in total. The number of hydrogen-bond donors (Lipinski definition) is 1. The van der Waals surface area contributed by atoms with E-state index < -0.39 is 0 Å². The number of ether oxygens (including phenoxy) is 2. The maximum Gasteiger partial charge on any atom is 0.225 e. The molecule has 3 rings (SSSR count). The number of pyridine rings is 1. The monoisotopic (exact) mass is 419 g/mol. The number of anilines is 1. The molecule has 152 valence electrons. The van der Waals surface area contributed by atoms with Crippen LogP contribution in [0.1, 0.15) is 12.0 Å². The third kappa shape index (κ3) is 5.52. The van der Waals surface area contributed by atoms with Crippen LogP contribution in [-0.2, 0) is 4.79 Å². The molecular weight excluding hydrogens is 398 g/mol. The van der Waals surface area contributed by atoms with E-state index in [1.165, 1.54) is 11.8 Å². The standard InChI is InChI=1S/C23H21N3O3S/c1-28-19-8-3-16(4-9-19)21-12-5-17(15-24)23(26-21)30-14-13-22(27)25-18-6-10-20(29-2)11-7-18/h3-12H,13-14H2,1-2H3,(H,25,27). The van der Waals surface area contributed by atoms with Crippen molar-refractivity contribution in [1.29, 1.82) is 5.26 Å². The number of thioether (sulfide) groups is 1. The van der Waals surface area contributed by atoms with Crippen molar-refractivity contribution in [2.24, 2.45) is 0 Å². The zero-order chi connectivity index (χ0) is 21.3. The molecular formula is C23H21N3O3S. The third-order valence-corrected chi connectivity index (χ3v) is 5.30. The summed E-state index contributed by atoms with van der Waals surface area (Å²) in [5.74, 6) is 1.91. The van der Waals surface area contributed by atoms with Crippen molar-refractivity contribution >= 4 is 23.4 Å². The maximum atomic E-state index is 12.2. The summed E-state index contributed by atoms with van der Waals surface area (Å²) in [6.07, 6.45) is 0.302. The average molecular weight is 420 g/mol. The molecule has 0 bridgehead atoms. The summed E-state index contributed by atoms with van der Waals surface area (Å²) in [6.45, 7) is 0. The number of amides is 1. The molecule has 3 aromatic rings. The molecule has 0 atom stereocenters. The van der Waals surface area contributed by atoms with Crippen LogP contribution in [0.5, 0.6) is 11.5 Å². The Balaban J connectivity index is 1.62. The fraction of sp³-hybridized carbons (Fsp3) is 0.174. The molecule has 0 aliphatic carbocycles. The minimum atomic E-state index is -0.0996. The largest absolute Gasteiger partial charge is 0.497 e. The Hall–Kier alpha value is -3.50. The Morgan fingerprint density at radius 3 is 2.23 bits per heavy atom. The van der Waals surface area contributed by atoms with E-state index in [0.717, 1.165) is 22.8 Å². The zero-order valence-electron chi connectivity index (χ0n) is 16.7. The molecule has 0 saturated carbocycles. The number of rotatable bonds is 8. The minimum absolute atomic E-state index is 0.0996. The first kappa shape index (κ1) is 21.2. The van der Waals surface area contributed by atoms with Crippen LogP contribution in [0.3, 0.4) is 0 Å². The summed E-state index contributed by atoms with van der Waals surface area (Å²) in [5, 5.41) is 12.8. The van der Waals surface area contributed by atoms with Crippen molar-refractivity contribution in [1.82, 2.24) is 4.98 Å². The molecule has 30 heavy (non-hydrogen) atoms. The molecule has 0 saturated heterocycles. The van der Waals surface area contributed by atoms with Gasteiger partial charge < -0.3 is 14.8 Å². The molecule has 1 heterocycles. The number of nitriles is 1. The Kier molecular flexibility index (Phi) is 7.30. The number of hydrogen-bond acceptors (Lipinski definition) is 6. The highest BCUT2D eigenvalue weighted by atomic mass is 32.2. The van der Waals surface area contributed by atoms with E-state index >= 15 is 0 Å². The highest BCUT2D eigenvalue weighted by Gasteiger charge is 2.10. The highest BCUT2D eigenvalue weighted by molar-refractivity contribution is 7.99. The van der Waals surface area contributed by atoms with Crippen LogP contribution in [0.2, 0.25) is 0 Å². The third-order valence-electron chi connectivity index (χ3n) is 4.31. The normalized spacial score (nSPS) is 10.2. The molecule has 0 spiro atoms. The van der Waals surface area contributed by atoms with Crippen molar-refractivity contribution in [3.8, 4) is 28.8 Å². The quantitative estimate of drug-likeness (QED) is 0.530.